The Balaban J connectivity index is 1.89. The van der Waals surface area contributed by atoms with Crippen LogP contribution in [0.15, 0.2) is 23.9 Å². The van der Waals surface area contributed by atoms with Crippen molar-refractivity contribution in [1.82, 2.24) is 4.90 Å². The average Bonchev–Trinajstić information content (AvgIpc) is 2.90. The fourth-order valence-corrected chi connectivity index (χ4v) is 4.79. The number of esters is 1. The summed E-state index contributed by atoms with van der Waals surface area (Å²) in [6.07, 6.45) is 3.63. The number of carbonyl (C=O) groups excluding carboxylic acids is 2. The summed E-state index contributed by atoms with van der Waals surface area (Å²) in [6, 6.07) is -0.449. The molecule has 0 aromatic heterocycles. The molecule has 8 heteroatoms. The maximum Gasteiger partial charge on any atom is 0.352 e. The maximum absolute atomic E-state index is 12.7. The summed E-state index contributed by atoms with van der Waals surface area (Å²) in [5.74, 6) is -3.26. The Bertz CT molecular complexity index is 660. The number of hydrogen-bond acceptors (Lipinski definition) is 6. The summed E-state index contributed by atoms with van der Waals surface area (Å²) in [7, 11) is 0. The number of hydrogen-bond donors (Lipinski definition) is 1. The molecule has 136 valence electrons. The molecule has 1 amide bonds. The zero-order chi connectivity index (χ0) is 18.3. The molecule has 2 saturated heterocycles. The van der Waals surface area contributed by atoms with Gasteiger partial charge >= 0.3 is 11.9 Å². The molecule has 3 rings (SSSR count). The largest absolute Gasteiger partial charge is 0.477 e. The second kappa shape index (κ2) is 6.84. The number of amides is 1. The second-order valence-corrected chi connectivity index (χ2v) is 7.39. The zero-order valence-electron chi connectivity index (χ0n) is 14.1. The lowest BCUT2D eigenvalue weighted by Crippen LogP contribution is -2.65. The Morgan fingerprint density at radius 2 is 2.28 bits per heavy atom. The van der Waals surface area contributed by atoms with E-state index in [1.807, 2.05) is 6.26 Å². The number of carboxylic acids is 1. The van der Waals surface area contributed by atoms with E-state index in [1.165, 1.54) is 11.0 Å². The van der Waals surface area contributed by atoms with Crippen molar-refractivity contribution in [2.24, 2.45) is 11.8 Å². The topological polar surface area (TPSA) is 93.1 Å². The molecule has 0 spiro atoms. The number of nitrogens with zero attached hydrogens (tertiary/aromatic N) is 1. The minimum atomic E-state index is -1.12. The SMILES string of the molecule is C=CCOC(=O)[C@H](C)[C@@H]1C(=O)N2C(C(=O)O)=C3[C@@H](SC)CCO[C@@H]3[C@H]12. The van der Waals surface area contributed by atoms with E-state index < -0.39 is 35.9 Å². The van der Waals surface area contributed by atoms with Crippen LogP contribution in [0.3, 0.4) is 0 Å². The maximum atomic E-state index is 12.7. The van der Waals surface area contributed by atoms with E-state index in [4.69, 9.17) is 9.47 Å². The van der Waals surface area contributed by atoms with Crippen LogP contribution < -0.4 is 0 Å². The summed E-state index contributed by atoms with van der Waals surface area (Å²) in [5, 5.41) is 9.64. The number of ether oxygens (including phenoxy) is 2. The Kier molecular flexibility index (Phi) is 4.92. The summed E-state index contributed by atoms with van der Waals surface area (Å²) >= 11 is 1.56. The molecule has 3 aliphatic rings. The number of carbonyl (C=O) groups is 3. The van der Waals surface area contributed by atoms with Gasteiger partial charge in [0, 0.05) is 17.4 Å². The van der Waals surface area contributed by atoms with Crippen LogP contribution >= 0.6 is 11.8 Å². The number of rotatable bonds is 6. The third kappa shape index (κ3) is 2.67. The Hall–Kier alpha value is -1.80. The molecule has 0 unspecified atom stereocenters. The first kappa shape index (κ1) is 18.0. The van der Waals surface area contributed by atoms with Crippen molar-refractivity contribution in [1.29, 1.82) is 0 Å². The zero-order valence-corrected chi connectivity index (χ0v) is 15.0. The molecular weight excluding hydrogens is 346 g/mol. The molecule has 1 N–H and O–H groups in total. The van der Waals surface area contributed by atoms with Crippen LogP contribution in [0, 0.1) is 11.8 Å². The summed E-state index contributed by atoms with van der Waals surface area (Å²) < 4.78 is 10.9. The molecule has 0 aromatic rings. The molecule has 3 heterocycles. The quantitative estimate of drug-likeness (QED) is 0.426. The first-order chi connectivity index (χ1) is 11.9. The van der Waals surface area contributed by atoms with Crippen LogP contribution in [0.4, 0.5) is 0 Å². The molecule has 0 aromatic carbocycles. The van der Waals surface area contributed by atoms with Crippen molar-refractivity contribution >= 4 is 29.6 Å². The second-order valence-electron chi connectivity index (χ2n) is 6.35. The van der Waals surface area contributed by atoms with Gasteiger partial charge in [0.2, 0.25) is 5.91 Å². The summed E-state index contributed by atoms with van der Waals surface area (Å²) in [4.78, 5) is 37.9. The predicted octanol–water partition coefficient (Wildman–Crippen LogP) is 1.05. The van der Waals surface area contributed by atoms with E-state index in [0.29, 0.717) is 18.6 Å². The average molecular weight is 367 g/mol. The molecule has 25 heavy (non-hydrogen) atoms. The van der Waals surface area contributed by atoms with Gasteiger partial charge < -0.3 is 14.6 Å². The standard InChI is InChI=1S/C17H21NO6S/c1-4-6-24-17(22)8(2)10-12-14-11(9(25-3)5-7-23-14)13(16(20)21)18(12)15(10)19/h4,8-10,12,14H,1,5-7H2,2-3H3,(H,20,21)/t8-,9+,10+,12+,14+/m1/s1. The first-order valence-electron chi connectivity index (χ1n) is 8.16. The van der Waals surface area contributed by atoms with Crippen molar-refractivity contribution < 1.29 is 29.0 Å². The summed E-state index contributed by atoms with van der Waals surface area (Å²) in [5.41, 5.74) is 0.695. The lowest BCUT2D eigenvalue weighted by atomic mass is 9.76. The van der Waals surface area contributed by atoms with E-state index in [9.17, 15) is 19.5 Å². The molecule has 0 saturated carbocycles. The lowest BCUT2D eigenvalue weighted by molar-refractivity contribution is -0.172. The van der Waals surface area contributed by atoms with Crippen molar-refractivity contribution in [3.05, 3.63) is 23.9 Å². The third-order valence-electron chi connectivity index (χ3n) is 5.09. The van der Waals surface area contributed by atoms with E-state index >= 15 is 0 Å². The van der Waals surface area contributed by atoms with Gasteiger partial charge in [0.05, 0.1) is 17.9 Å². The number of aliphatic carboxylic acids is 1. The van der Waals surface area contributed by atoms with Gasteiger partial charge in [0.25, 0.3) is 0 Å². The molecule has 0 bridgehead atoms. The van der Waals surface area contributed by atoms with E-state index in [0.717, 1.165) is 0 Å². The van der Waals surface area contributed by atoms with Crippen LogP contribution in [0.2, 0.25) is 0 Å². The third-order valence-corrected chi connectivity index (χ3v) is 6.14. The normalized spacial score (nSPS) is 31.8. The van der Waals surface area contributed by atoms with Gasteiger partial charge in [-0.1, -0.05) is 19.6 Å². The van der Waals surface area contributed by atoms with Crippen molar-refractivity contribution in [2.45, 2.75) is 30.7 Å². The van der Waals surface area contributed by atoms with Gasteiger partial charge in [-0.2, -0.15) is 11.8 Å². The van der Waals surface area contributed by atoms with Gasteiger partial charge in [-0.3, -0.25) is 14.5 Å². The number of thioether (sulfide) groups is 1. The Morgan fingerprint density at radius 1 is 1.56 bits per heavy atom. The van der Waals surface area contributed by atoms with Crippen LogP contribution in [0.1, 0.15) is 13.3 Å². The smallest absolute Gasteiger partial charge is 0.352 e. The van der Waals surface area contributed by atoms with Gasteiger partial charge in [0.1, 0.15) is 18.4 Å². The Labute approximate surface area is 150 Å². The van der Waals surface area contributed by atoms with Crippen molar-refractivity contribution in [3.63, 3.8) is 0 Å². The van der Waals surface area contributed by atoms with Gasteiger partial charge in [-0.05, 0) is 12.7 Å². The predicted molar refractivity (Wildman–Crippen MR) is 90.8 cm³/mol. The van der Waals surface area contributed by atoms with Gasteiger partial charge in [-0.15, -0.1) is 0 Å². The highest BCUT2D eigenvalue weighted by Crippen LogP contribution is 2.50. The highest BCUT2D eigenvalue weighted by Gasteiger charge is 2.64. The molecule has 2 fully saturated rings. The number of fused-ring (bicyclic) bond motifs is 3. The van der Waals surface area contributed by atoms with Crippen LogP contribution in [0.25, 0.3) is 0 Å². The van der Waals surface area contributed by atoms with Crippen LogP contribution in [-0.4, -0.2) is 64.7 Å². The minimum Gasteiger partial charge on any atom is -0.477 e. The fourth-order valence-electron chi connectivity index (χ4n) is 3.95. The van der Waals surface area contributed by atoms with Gasteiger partial charge in [0.15, 0.2) is 0 Å². The van der Waals surface area contributed by atoms with Crippen molar-refractivity contribution in [2.75, 3.05) is 19.5 Å². The van der Waals surface area contributed by atoms with Gasteiger partial charge in [-0.25, -0.2) is 4.79 Å². The highest BCUT2D eigenvalue weighted by molar-refractivity contribution is 7.99. The summed E-state index contributed by atoms with van der Waals surface area (Å²) in [6.45, 7) is 5.72. The number of β-lactam (4-membered cyclic amide) rings is 1. The molecule has 3 aliphatic heterocycles. The first-order valence-corrected chi connectivity index (χ1v) is 9.45. The molecule has 0 aliphatic carbocycles. The van der Waals surface area contributed by atoms with E-state index in [1.54, 1.807) is 18.7 Å². The monoisotopic (exact) mass is 367 g/mol. The molecule has 7 nitrogen and oxygen atoms in total. The molecule has 0 radical (unpaired) electrons. The highest BCUT2D eigenvalue weighted by atomic mass is 32.2. The van der Waals surface area contributed by atoms with E-state index in [2.05, 4.69) is 6.58 Å². The number of carboxylic acid groups (broad SMARTS) is 1. The molecular formula is C17H21NO6S. The fraction of sp³-hybridized carbons (Fsp3) is 0.588. The van der Waals surface area contributed by atoms with Crippen molar-refractivity contribution in [3.8, 4) is 0 Å². The molecule has 5 atom stereocenters. The minimum absolute atomic E-state index is 0.00641. The van der Waals surface area contributed by atoms with E-state index in [-0.39, 0.29) is 23.5 Å². The lowest BCUT2D eigenvalue weighted by Gasteiger charge is -2.47. The van der Waals surface area contributed by atoms with Crippen LogP contribution in [0.5, 0.6) is 0 Å². The van der Waals surface area contributed by atoms with Crippen LogP contribution in [-0.2, 0) is 23.9 Å². The Morgan fingerprint density at radius 3 is 2.88 bits per heavy atom.